The first-order chi connectivity index (χ1) is 10.7. The first-order valence-corrected chi connectivity index (χ1v) is 7.33. The number of hydrogen-bond acceptors (Lipinski definition) is 4. The zero-order valence-electron chi connectivity index (χ0n) is 13.5. The third-order valence-corrected chi connectivity index (χ3v) is 3.67. The second kappa shape index (κ2) is 6.24. The Morgan fingerprint density at radius 3 is 2.43 bits per heavy atom. The summed E-state index contributed by atoms with van der Waals surface area (Å²) in [5, 5.41) is 3.19. The second-order valence-corrected chi connectivity index (χ2v) is 6.07. The number of nitrogens with zero attached hydrogens (tertiary/aromatic N) is 1. The van der Waals surface area contributed by atoms with Gasteiger partial charge < -0.3 is 10.2 Å². The highest BCUT2D eigenvalue weighted by Gasteiger charge is 2.34. The van der Waals surface area contributed by atoms with Gasteiger partial charge in [-0.25, -0.2) is 4.79 Å². The lowest BCUT2D eigenvalue weighted by Crippen LogP contribution is -2.45. The molecule has 0 spiro atoms. The van der Waals surface area contributed by atoms with Crippen molar-refractivity contribution in [3.8, 4) is 0 Å². The van der Waals surface area contributed by atoms with Crippen LogP contribution in [-0.2, 0) is 20.0 Å². The SMILES string of the molecule is C=C(C)c1cccc(C(C)(C)NC(=O)ON2C(=O)CCC2=O)c1. The molecule has 3 amide bonds. The number of amides is 3. The van der Waals surface area contributed by atoms with Crippen molar-refractivity contribution in [2.24, 2.45) is 0 Å². The van der Waals surface area contributed by atoms with Crippen LogP contribution in [0.25, 0.3) is 5.57 Å². The molecule has 0 unspecified atom stereocenters. The summed E-state index contributed by atoms with van der Waals surface area (Å²) in [6.07, 6.45) is -0.717. The van der Waals surface area contributed by atoms with E-state index in [4.69, 9.17) is 4.84 Å². The highest BCUT2D eigenvalue weighted by molar-refractivity contribution is 6.01. The summed E-state index contributed by atoms with van der Waals surface area (Å²) in [6, 6.07) is 7.61. The number of hydrogen-bond donors (Lipinski definition) is 1. The van der Waals surface area contributed by atoms with Gasteiger partial charge in [-0.1, -0.05) is 30.4 Å². The summed E-state index contributed by atoms with van der Waals surface area (Å²) in [4.78, 5) is 39.8. The molecule has 1 aromatic rings. The smallest absolute Gasteiger partial charge is 0.311 e. The molecule has 6 nitrogen and oxygen atoms in total. The predicted molar refractivity (Wildman–Crippen MR) is 84.9 cm³/mol. The van der Waals surface area contributed by atoms with Crippen LogP contribution >= 0.6 is 0 Å². The summed E-state index contributed by atoms with van der Waals surface area (Å²) >= 11 is 0. The second-order valence-electron chi connectivity index (χ2n) is 6.07. The Morgan fingerprint density at radius 2 is 1.87 bits per heavy atom. The van der Waals surface area contributed by atoms with Crippen LogP contribution in [0.1, 0.15) is 44.7 Å². The highest BCUT2D eigenvalue weighted by Crippen LogP contribution is 2.24. The summed E-state index contributed by atoms with van der Waals surface area (Å²) in [5.74, 6) is -1.01. The Kier molecular flexibility index (Phi) is 4.54. The van der Waals surface area contributed by atoms with Gasteiger partial charge in [0.25, 0.3) is 11.8 Å². The van der Waals surface area contributed by atoms with Gasteiger partial charge in [0, 0.05) is 12.8 Å². The lowest BCUT2D eigenvalue weighted by Gasteiger charge is -2.27. The van der Waals surface area contributed by atoms with Crippen molar-refractivity contribution in [2.45, 2.75) is 39.2 Å². The number of benzene rings is 1. The van der Waals surface area contributed by atoms with E-state index in [-0.39, 0.29) is 12.8 Å². The van der Waals surface area contributed by atoms with Crippen molar-refractivity contribution in [3.05, 3.63) is 42.0 Å². The number of carbonyl (C=O) groups is 3. The Labute approximate surface area is 135 Å². The minimum Gasteiger partial charge on any atom is -0.311 e. The zero-order chi connectivity index (χ0) is 17.2. The fourth-order valence-electron chi connectivity index (χ4n) is 2.26. The van der Waals surface area contributed by atoms with Crippen LogP contribution in [-0.4, -0.2) is 23.0 Å². The molecule has 0 aliphatic carbocycles. The normalized spacial score (nSPS) is 14.8. The number of nitrogens with one attached hydrogen (secondary N) is 1. The average molecular weight is 316 g/mol. The molecule has 1 fully saturated rings. The van der Waals surface area contributed by atoms with E-state index in [0.29, 0.717) is 5.06 Å². The molecule has 0 aromatic heterocycles. The van der Waals surface area contributed by atoms with Crippen LogP contribution < -0.4 is 5.32 Å². The summed E-state index contributed by atoms with van der Waals surface area (Å²) in [5.41, 5.74) is 2.00. The largest absolute Gasteiger partial charge is 0.432 e. The van der Waals surface area contributed by atoms with Gasteiger partial charge in [0.05, 0.1) is 5.54 Å². The highest BCUT2D eigenvalue weighted by atomic mass is 16.7. The van der Waals surface area contributed by atoms with Crippen molar-refractivity contribution in [1.29, 1.82) is 0 Å². The topological polar surface area (TPSA) is 75.7 Å². The lowest BCUT2D eigenvalue weighted by molar-refractivity contribution is -0.171. The molecule has 1 saturated heterocycles. The quantitative estimate of drug-likeness (QED) is 0.867. The van der Waals surface area contributed by atoms with E-state index in [1.54, 1.807) is 13.8 Å². The fourth-order valence-corrected chi connectivity index (χ4v) is 2.26. The van der Waals surface area contributed by atoms with Crippen LogP contribution in [0.2, 0.25) is 0 Å². The first-order valence-electron chi connectivity index (χ1n) is 7.33. The molecule has 0 radical (unpaired) electrons. The van der Waals surface area contributed by atoms with Gasteiger partial charge in [-0.3, -0.25) is 9.59 Å². The number of carbonyl (C=O) groups excluding carboxylic acids is 3. The predicted octanol–water partition coefficient (Wildman–Crippen LogP) is 2.75. The Bertz CT molecular complexity index is 663. The van der Waals surface area contributed by atoms with Crippen LogP contribution in [0.4, 0.5) is 4.79 Å². The van der Waals surface area contributed by atoms with Crippen molar-refractivity contribution in [1.82, 2.24) is 10.4 Å². The molecule has 2 rings (SSSR count). The Hall–Kier alpha value is -2.63. The van der Waals surface area contributed by atoms with Gasteiger partial charge in [0.2, 0.25) is 0 Å². The minimum atomic E-state index is -0.848. The van der Waals surface area contributed by atoms with Crippen LogP contribution in [0.3, 0.4) is 0 Å². The van der Waals surface area contributed by atoms with E-state index >= 15 is 0 Å². The third-order valence-electron chi connectivity index (χ3n) is 3.67. The van der Waals surface area contributed by atoms with Gasteiger partial charge in [-0.2, -0.15) is 0 Å². The Balaban J connectivity index is 2.09. The van der Waals surface area contributed by atoms with Crippen LogP contribution in [0.15, 0.2) is 30.8 Å². The first kappa shape index (κ1) is 16.7. The summed E-state index contributed by atoms with van der Waals surface area (Å²) < 4.78 is 0. The van der Waals surface area contributed by atoms with Gasteiger partial charge >= 0.3 is 6.09 Å². The van der Waals surface area contributed by atoms with E-state index in [9.17, 15) is 14.4 Å². The maximum atomic E-state index is 12.0. The van der Waals surface area contributed by atoms with Crippen molar-refractivity contribution >= 4 is 23.5 Å². The van der Waals surface area contributed by atoms with E-state index in [1.807, 2.05) is 31.2 Å². The van der Waals surface area contributed by atoms with Crippen molar-refractivity contribution in [2.75, 3.05) is 0 Å². The van der Waals surface area contributed by atoms with Crippen LogP contribution in [0.5, 0.6) is 0 Å². The maximum Gasteiger partial charge on any atom is 0.432 e. The summed E-state index contributed by atoms with van der Waals surface area (Å²) in [7, 11) is 0. The minimum absolute atomic E-state index is 0.0656. The van der Waals surface area contributed by atoms with E-state index < -0.39 is 23.4 Å². The van der Waals surface area contributed by atoms with Gasteiger partial charge in [0.1, 0.15) is 0 Å². The maximum absolute atomic E-state index is 12.0. The van der Waals surface area contributed by atoms with Crippen molar-refractivity contribution < 1.29 is 19.2 Å². The number of imide groups is 1. The van der Waals surface area contributed by atoms with Gasteiger partial charge in [0.15, 0.2) is 0 Å². The average Bonchev–Trinajstić information content (AvgIpc) is 2.78. The molecule has 1 N–H and O–H groups in total. The van der Waals surface area contributed by atoms with Gasteiger partial charge in [-0.05, 0) is 38.0 Å². The van der Waals surface area contributed by atoms with E-state index in [0.717, 1.165) is 16.7 Å². The number of hydroxylamine groups is 2. The van der Waals surface area contributed by atoms with Crippen LogP contribution in [0, 0.1) is 0 Å². The molecule has 122 valence electrons. The molecule has 0 bridgehead atoms. The van der Waals surface area contributed by atoms with E-state index in [1.165, 1.54) is 0 Å². The fraction of sp³-hybridized carbons (Fsp3) is 0.353. The molecular weight excluding hydrogens is 296 g/mol. The molecule has 1 aromatic carbocycles. The standard InChI is InChI=1S/C17H20N2O4/c1-11(2)12-6-5-7-13(10-12)17(3,4)18-16(22)23-19-14(20)8-9-15(19)21/h5-7,10H,1,8-9H2,2-4H3,(H,18,22). The zero-order valence-corrected chi connectivity index (χ0v) is 13.5. The molecular formula is C17H20N2O4. The van der Waals surface area contributed by atoms with Crippen molar-refractivity contribution in [3.63, 3.8) is 0 Å². The molecule has 0 atom stereocenters. The monoisotopic (exact) mass is 316 g/mol. The Morgan fingerprint density at radius 1 is 1.26 bits per heavy atom. The van der Waals surface area contributed by atoms with E-state index in [2.05, 4.69) is 11.9 Å². The molecule has 23 heavy (non-hydrogen) atoms. The molecule has 6 heteroatoms. The lowest BCUT2D eigenvalue weighted by atomic mass is 9.92. The number of rotatable bonds is 4. The molecule has 0 saturated carbocycles. The third kappa shape index (κ3) is 3.77. The molecule has 1 aliphatic rings. The number of allylic oxidation sites excluding steroid dienone is 1. The van der Waals surface area contributed by atoms with Gasteiger partial charge in [-0.15, -0.1) is 5.06 Å². The molecule has 1 heterocycles. The summed E-state index contributed by atoms with van der Waals surface area (Å²) in [6.45, 7) is 9.41. The molecule has 1 aliphatic heterocycles.